The van der Waals surface area contributed by atoms with Gasteiger partial charge in [0, 0.05) is 16.1 Å². The average Bonchev–Trinajstić information content (AvgIpc) is 3.07. The Labute approximate surface area is 122 Å². The molecule has 3 rings (SSSR count). The van der Waals surface area contributed by atoms with Crippen LogP contribution in [0.4, 0.5) is 0 Å². The van der Waals surface area contributed by atoms with Gasteiger partial charge in [-0.1, -0.05) is 15.9 Å². The SMILES string of the molecule is CC(C)(C)NCc1nc2cc(Br)ccc2n1C1CC1. The van der Waals surface area contributed by atoms with E-state index in [1.807, 2.05) is 0 Å². The summed E-state index contributed by atoms with van der Waals surface area (Å²) in [6.07, 6.45) is 2.56. The maximum absolute atomic E-state index is 4.81. The molecule has 2 aromatic rings. The molecule has 1 aliphatic rings. The van der Waals surface area contributed by atoms with Crippen LogP contribution >= 0.6 is 15.9 Å². The first-order chi connectivity index (χ1) is 8.94. The maximum Gasteiger partial charge on any atom is 0.124 e. The fourth-order valence-corrected chi connectivity index (χ4v) is 2.68. The van der Waals surface area contributed by atoms with E-state index in [0.717, 1.165) is 22.4 Å². The van der Waals surface area contributed by atoms with Crippen molar-refractivity contribution in [3.63, 3.8) is 0 Å². The number of rotatable bonds is 3. The number of benzene rings is 1. The van der Waals surface area contributed by atoms with Crippen LogP contribution in [-0.4, -0.2) is 15.1 Å². The van der Waals surface area contributed by atoms with Crippen molar-refractivity contribution >= 4 is 27.0 Å². The zero-order chi connectivity index (χ0) is 13.6. The van der Waals surface area contributed by atoms with Crippen molar-refractivity contribution < 1.29 is 0 Å². The minimum atomic E-state index is 0.118. The van der Waals surface area contributed by atoms with Crippen LogP contribution in [0.1, 0.15) is 45.5 Å². The normalized spacial score (nSPS) is 16.2. The first-order valence-electron chi connectivity index (χ1n) is 6.85. The molecular formula is C15H20BrN3. The zero-order valence-corrected chi connectivity index (χ0v) is 13.3. The minimum absolute atomic E-state index is 0.118. The van der Waals surface area contributed by atoms with E-state index in [9.17, 15) is 0 Å². The van der Waals surface area contributed by atoms with Gasteiger partial charge in [-0.25, -0.2) is 4.98 Å². The molecule has 0 bridgehead atoms. The van der Waals surface area contributed by atoms with Crippen molar-refractivity contribution in [2.75, 3.05) is 0 Å². The highest BCUT2D eigenvalue weighted by Gasteiger charge is 2.28. The summed E-state index contributed by atoms with van der Waals surface area (Å²) in [6.45, 7) is 7.39. The van der Waals surface area contributed by atoms with Gasteiger partial charge in [0.05, 0.1) is 17.6 Å². The Hall–Kier alpha value is -0.870. The molecule has 102 valence electrons. The Morgan fingerprint density at radius 2 is 2.11 bits per heavy atom. The average molecular weight is 322 g/mol. The van der Waals surface area contributed by atoms with Gasteiger partial charge in [0.25, 0.3) is 0 Å². The monoisotopic (exact) mass is 321 g/mol. The predicted molar refractivity (Wildman–Crippen MR) is 82.3 cm³/mol. The minimum Gasteiger partial charge on any atom is -0.324 e. The fourth-order valence-electron chi connectivity index (χ4n) is 2.33. The maximum atomic E-state index is 4.81. The van der Waals surface area contributed by atoms with E-state index in [1.165, 1.54) is 18.4 Å². The Balaban J connectivity index is 2.00. The first kappa shape index (κ1) is 13.1. The molecule has 1 saturated carbocycles. The van der Waals surface area contributed by atoms with E-state index in [2.05, 4.69) is 64.8 Å². The van der Waals surface area contributed by atoms with E-state index < -0.39 is 0 Å². The summed E-state index contributed by atoms with van der Waals surface area (Å²) in [5.41, 5.74) is 2.47. The van der Waals surface area contributed by atoms with Crippen LogP contribution in [0, 0.1) is 0 Å². The van der Waals surface area contributed by atoms with Gasteiger partial charge in [-0.3, -0.25) is 0 Å². The molecule has 0 saturated heterocycles. The number of hydrogen-bond donors (Lipinski definition) is 1. The van der Waals surface area contributed by atoms with Gasteiger partial charge in [0.15, 0.2) is 0 Å². The third-order valence-corrected chi connectivity index (χ3v) is 3.91. The van der Waals surface area contributed by atoms with Crippen LogP contribution < -0.4 is 5.32 Å². The first-order valence-corrected chi connectivity index (χ1v) is 7.65. The van der Waals surface area contributed by atoms with Gasteiger partial charge in [0.1, 0.15) is 5.82 Å². The number of hydrogen-bond acceptors (Lipinski definition) is 2. The third-order valence-electron chi connectivity index (χ3n) is 3.41. The summed E-state index contributed by atoms with van der Waals surface area (Å²) in [6, 6.07) is 7.03. The largest absolute Gasteiger partial charge is 0.324 e. The van der Waals surface area contributed by atoms with Crippen LogP contribution in [0.2, 0.25) is 0 Å². The summed E-state index contributed by atoms with van der Waals surface area (Å²) < 4.78 is 3.51. The molecule has 0 unspecified atom stereocenters. The van der Waals surface area contributed by atoms with E-state index in [-0.39, 0.29) is 5.54 Å². The van der Waals surface area contributed by atoms with Crippen molar-refractivity contribution in [3.05, 3.63) is 28.5 Å². The molecule has 19 heavy (non-hydrogen) atoms. The summed E-state index contributed by atoms with van der Waals surface area (Å²) in [5, 5.41) is 3.54. The van der Waals surface area contributed by atoms with Crippen LogP contribution in [0.5, 0.6) is 0 Å². The number of imidazole rings is 1. The van der Waals surface area contributed by atoms with Gasteiger partial charge in [0.2, 0.25) is 0 Å². The molecule has 1 aliphatic carbocycles. The van der Waals surface area contributed by atoms with Gasteiger partial charge < -0.3 is 9.88 Å². The van der Waals surface area contributed by atoms with Crippen LogP contribution in [0.25, 0.3) is 11.0 Å². The zero-order valence-electron chi connectivity index (χ0n) is 11.7. The highest BCUT2D eigenvalue weighted by atomic mass is 79.9. The molecular weight excluding hydrogens is 302 g/mol. The molecule has 1 aromatic heterocycles. The molecule has 0 atom stereocenters. The lowest BCUT2D eigenvalue weighted by atomic mass is 10.1. The summed E-state index contributed by atoms with van der Waals surface area (Å²) in [5.74, 6) is 1.16. The second kappa shape index (κ2) is 4.60. The van der Waals surface area contributed by atoms with Crippen LogP contribution in [0.15, 0.2) is 22.7 Å². The standard InChI is InChI=1S/C15H20BrN3/c1-15(2,3)17-9-14-18-12-8-10(16)4-7-13(12)19(14)11-5-6-11/h4,7-8,11,17H,5-6,9H2,1-3H3. The quantitative estimate of drug-likeness (QED) is 0.925. The van der Waals surface area contributed by atoms with Crippen molar-refractivity contribution in [1.82, 2.24) is 14.9 Å². The smallest absolute Gasteiger partial charge is 0.124 e. The Bertz CT molecular complexity index is 606. The van der Waals surface area contributed by atoms with Crippen LogP contribution in [-0.2, 0) is 6.54 Å². The van der Waals surface area contributed by atoms with Crippen molar-refractivity contribution in [2.45, 2.75) is 51.7 Å². The molecule has 3 nitrogen and oxygen atoms in total. The highest BCUT2D eigenvalue weighted by Crippen LogP contribution is 2.39. The summed E-state index contributed by atoms with van der Waals surface area (Å²) in [7, 11) is 0. The molecule has 0 spiro atoms. The van der Waals surface area contributed by atoms with Gasteiger partial charge in [-0.15, -0.1) is 0 Å². The Kier molecular flexibility index (Phi) is 3.18. The molecule has 0 aliphatic heterocycles. The van der Waals surface area contributed by atoms with Gasteiger partial charge in [-0.05, 0) is 51.8 Å². The molecule has 0 amide bonds. The number of aromatic nitrogens is 2. The molecule has 1 fully saturated rings. The van der Waals surface area contributed by atoms with Crippen molar-refractivity contribution in [3.8, 4) is 0 Å². The highest BCUT2D eigenvalue weighted by molar-refractivity contribution is 9.10. The number of fused-ring (bicyclic) bond motifs is 1. The lowest BCUT2D eigenvalue weighted by Gasteiger charge is -2.20. The number of nitrogens with one attached hydrogen (secondary N) is 1. The van der Waals surface area contributed by atoms with E-state index in [4.69, 9.17) is 4.98 Å². The number of halogens is 1. The fraction of sp³-hybridized carbons (Fsp3) is 0.533. The number of nitrogens with zero attached hydrogens (tertiary/aromatic N) is 2. The topological polar surface area (TPSA) is 29.9 Å². The second-order valence-corrected chi connectivity index (χ2v) is 7.28. The van der Waals surface area contributed by atoms with Crippen molar-refractivity contribution in [1.29, 1.82) is 0 Å². The summed E-state index contributed by atoms with van der Waals surface area (Å²) in [4.78, 5) is 4.81. The predicted octanol–water partition coefficient (Wildman–Crippen LogP) is 4.02. The molecule has 1 heterocycles. The third kappa shape index (κ3) is 2.84. The molecule has 4 heteroatoms. The molecule has 1 N–H and O–H groups in total. The Morgan fingerprint density at radius 1 is 1.37 bits per heavy atom. The Morgan fingerprint density at radius 3 is 2.74 bits per heavy atom. The summed E-state index contributed by atoms with van der Waals surface area (Å²) >= 11 is 3.52. The lowest BCUT2D eigenvalue weighted by molar-refractivity contribution is 0.412. The van der Waals surface area contributed by atoms with Gasteiger partial charge in [-0.2, -0.15) is 0 Å². The van der Waals surface area contributed by atoms with Gasteiger partial charge >= 0.3 is 0 Å². The van der Waals surface area contributed by atoms with E-state index in [1.54, 1.807) is 0 Å². The van der Waals surface area contributed by atoms with Crippen LogP contribution in [0.3, 0.4) is 0 Å². The second-order valence-electron chi connectivity index (χ2n) is 6.37. The molecule has 0 radical (unpaired) electrons. The lowest BCUT2D eigenvalue weighted by Crippen LogP contribution is -2.35. The van der Waals surface area contributed by atoms with E-state index >= 15 is 0 Å². The van der Waals surface area contributed by atoms with Crippen molar-refractivity contribution in [2.24, 2.45) is 0 Å². The van der Waals surface area contributed by atoms with E-state index in [0.29, 0.717) is 6.04 Å². The molecule has 1 aromatic carbocycles.